The van der Waals surface area contributed by atoms with Gasteiger partial charge in [0.15, 0.2) is 0 Å². The average molecular weight is 343 g/mol. The second-order valence-electron chi connectivity index (χ2n) is 7.15. The third-order valence-corrected chi connectivity index (χ3v) is 5.58. The molecule has 6 nitrogen and oxygen atoms in total. The maximum atomic E-state index is 13.1. The maximum Gasteiger partial charge on any atom is 0.249 e. The molecule has 3 saturated heterocycles. The van der Waals surface area contributed by atoms with Crippen molar-refractivity contribution in [2.24, 2.45) is 0 Å². The second kappa shape index (κ2) is 7.14. The lowest BCUT2D eigenvalue weighted by Crippen LogP contribution is -2.60. The molecule has 0 aliphatic carbocycles. The van der Waals surface area contributed by atoms with Gasteiger partial charge in [0.05, 0.1) is 6.61 Å². The molecular weight excluding hydrogens is 318 g/mol. The van der Waals surface area contributed by atoms with Gasteiger partial charge in [0.2, 0.25) is 11.8 Å². The van der Waals surface area contributed by atoms with E-state index in [2.05, 4.69) is 4.90 Å². The van der Waals surface area contributed by atoms with E-state index in [0.717, 1.165) is 38.2 Å². The number of nitrogens with zero attached hydrogens (tertiary/aromatic N) is 3. The van der Waals surface area contributed by atoms with Gasteiger partial charge < -0.3 is 14.5 Å². The second-order valence-corrected chi connectivity index (χ2v) is 7.15. The number of fused-ring (bicyclic) bond motifs is 1. The van der Waals surface area contributed by atoms with E-state index < -0.39 is 6.04 Å². The van der Waals surface area contributed by atoms with Crippen LogP contribution in [0.1, 0.15) is 18.4 Å². The number of morpholine rings is 1. The van der Waals surface area contributed by atoms with Gasteiger partial charge in [-0.05, 0) is 24.9 Å². The summed E-state index contributed by atoms with van der Waals surface area (Å²) in [5, 5.41) is 0. The van der Waals surface area contributed by atoms with Gasteiger partial charge in [0.25, 0.3) is 0 Å². The molecule has 0 unspecified atom stereocenters. The van der Waals surface area contributed by atoms with E-state index in [1.807, 2.05) is 35.2 Å². The molecule has 6 heteroatoms. The van der Waals surface area contributed by atoms with Crippen molar-refractivity contribution in [3.05, 3.63) is 35.9 Å². The van der Waals surface area contributed by atoms with E-state index in [0.29, 0.717) is 19.2 Å². The van der Waals surface area contributed by atoms with Gasteiger partial charge in [-0.25, -0.2) is 0 Å². The molecular formula is C19H25N3O3. The minimum atomic E-state index is -0.505. The first-order valence-electron chi connectivity index (χ1n) is 9.16. The van der Waals surface area contributed by atoms with Gasteiger partial charge in [-0.1, -0.05) is 30.3 Å². The molecule has 1 aromatic rings. The molecule has 2 amide bonds. The van der Waals surface area contributed by atoms with Crippen LogP contribution in [0.5, 0.6) is 0 Å². The molecule has 134 valence electrons. The lowest BCUT2D eigenvalue weighted by atomic mass is 10.1. The summed E-state index contributed by atoms with van der Waals surface area (Å²) in [4.78, 5) is 31.6. The lowest BCUT2D eigenvalue weighted by Gasteiger charge is -2.42. The van der Waals surface area contributed by atoms with Gasteiger partial charge in [0.1, 0.15) is 12.6 Å². The average Bonchev–Trinajstić information content (AvgIpc) is 3.11. The Labute approximate surface area is 148 Å². The summed E-state index contributed by atoms with van der Waals surface area (Å²) in [7, 11) is 0. The smallest absolute Gasteiger partial charge is 0.249 e. The Morgan fingerprint density at radius 3 is 2.84 bits per heavy atom. The zero-order valence-electron chi connectivity index (χ0n) is 14.5. The van der Waals surface area contributed by atoms with Crippen molar-refractivity contribution in [3.8, 4) is 0 Å². The third kappa shape index (κ3) is 3.41. The fourth-order valence-electron chi connectivity index (χ4n) is 4.19. The summed E-state index contributed by atoms with van der Waals surface area (Å²) in [6, 6.07) is 9.82. The van der Waals surface area contributed by atoms with Crippen molar-refractivity contribution in [3.63, 3.8) is 0 Å². The number of hydrogen-bond acceptors (Lipinski definition) is 4. The largest absolute Gasteiger partial charge is 0.369 e. The lowest BCUT2D eigenvalue weighted by molar-refractivity contribution is -0.161. The van der Waals surface area contributed by atoms with Gasteiger partial charge in [-0.2, -0.15) is 0 Å². The number of ether oxygens (including phenoxy) is 1. The Morgan fingerprint density at radius 2 is 2.00 bits per heavy atom. The van der Waals surface area contributed by atoms with E-state index in [1.165, 1.54) is 6.42 Å². The topological polar surface area (TPSA) is 53.1 Å². The van der Waals surface area contributed by atoms with Crippen molar-refractivity contribution in [2.45, 2.75) is 31.5 Å². The minimum Gasteiger partial charge on any atom is -0.369 e. The highest BCUT2D eigenvalue weighted by Gasteiger charge is 2.39. The fraction of sp³-hybridized carbons (Fsp3) is 0.579. The fourth-order valence-corrected chi connectivity index (χ4v) is 4.19. The van der Waals surface area contributed by atoms with Crippen LogP contribution < -0.4 is 0 Å². The minimum absolute atomic E-state index is 0.0375. The quantitative estimate of drug-likeness (QED) is 0.812. The first-order valence-corrected chi connectivity index (χ1v) is 9.16. The molecule has 0 radical (unpaired) electrons. The predicted octanol–water partition coefficient (Wildman–Crippen LogP) is 0.721. The molecule has 25 heavy (non-hydrogen) atoms. The molecule has 0 aromatic heterocycles. The van der Waals surface area contributed by atoms with Crippen molar-refractivity contribution in [1.29, 1.82) is 0 Å². The van der Waals surface area contributed by atoms with Crippen LogP contribution in [0, 0.1) is 0 Å². The van der Waals surface area contributed by atoms with Gasteiger partial charge in [0, 0.05) is 32.2 Å². The number of carbonyl (C=O) groups excluding carboxylic acids is 2. The Hall–Kier alpha value is -1.92. The highest BCUT2D eigenvalue weighted by Crippen LogP contribution is 2.23. The Morgan fingerprint density at radius 1 is 1.16 bits per heavy atom. The van der Waals surface area contributed by atoms with E-state index in [9.17, 15) is 9.59 Å². The monoisotopic (exact) mass is 343 g/mol. The summed E-state index contributed by atoms with van der Waals surface area (Å²) in [6.45, 7) is 4.44. The zero-order chi connectivity index (χ0) is 17.2. The predicted molar refractivity (Wildman–Crippen MR) is 92.8 cm³/mol. The number of hydrogen-bond donors (Lipinski definition) is 0. The van der Waals surface area contributed by atoms with Crippen LogP contribution in [0.15, 0.2) is 30.3 Å². The van der Waals surface area contributed by atoms with Gasteiger partial charge in [-0.15, -0.1) is 0 Å². The van der Waals surface area contributed by atoms with Crippen LogP contribution in [0.4, 0.5) is 0 Å². The zero-order valence-corrected chi connectivity index (χ0v) is 14.5. The van der Waals surface area contributed by atoms with Crippen molar-refractivity contribution in [1.82, 2.24) is 14.7 Å². The van der Waals surface area contributed by atoms with E-state index in [4.69, 9.17) is 4.74 Å². The Balaban J connectivity index is 1.48. The number of carbonyl (C=O) groups is 2. The van der Waals surface area contributed by atoms with Crippen LogP contribution in [-0.2, 0) is 20.9 Å². The van der Waals surface area contributed by atoms with Crippen molar-refractivity contribution in [2.75, 3.05) is 39.4 Å². The van der Waals surface area contributed by atoms with Crippen LogP contribution >= 0.6 is 0 Å². The van der Waals surface area contributed by atoms with E-state index >= 15 is 0 Å². The molecule has 0 spiro atoms. The molecule has 0 bridgehead atoms. The molecule has 3 fully saturated rings. The number of piperazine rings is 1. The van der Waals surface area contributed by atoms with Crippen molar-refractivity contribution < 1.29 is 14.3 Å². The van der Waals surface area contributed by atoms with Crippen LogP contribution in [-0.4, -0.2) is 78.0 Å². The van der Waals surface area contributed by atoms with Crippen LogP contribution in [0.2, 0.25) is 0 Å². The SMILES string of the molecule is O=C([C@@H]1COCC(=O)N1Cc1ccccc1)N1CCN2CCC[C@H]2C1. The third-order valence-electron chi connectivity index (χ3n) is 5.58. The molecule has 3 aliphatic rings. The number of amides is 2. The van der Waals surface area contributed by atoms with Gasteiger partial charge in [-0.3, -0.25) is 14.5 Å². The summed E-state index contributed by atoms with van der Waals surface area (Å²) >= 11 is 0. The molecule has 3 aliphatic heterocycles. The van der Waals surface area contributed by atoms with Crippen LogP contribution in [0.25, 0.3) is 0 Å². The maximum absolute atomic E-state index is 13.1. The molecule has 2 atom stereocenters. The first-order chi connectivity index (χ1) is 12.2. The highest BCUT2D eigenvalue weighted by atomic mass is 16.5. The molecule has 0 saturated carbocycles. The van der Waals surface area contributed by atoms with Crippen molar-refractivity contribution >= 4 is 11.8 Å². The Bertz CT molecular complexity index is 636. The highest BCUT2D eigenvalue weighted by molar-refractivity contribution is 5.89. The number of benzene rings is 1. The summed E-state index contributed by atoms with van der Waals surface area (Å²) in [6.07, 6.45) is 2.38. The van der Waals surface area contributed by atoms with E-state index in [1.54, 1.807) is 4.90 Å². The molecule has 4 rings (SSSR count). The van der Waals surface area contributed by atoms with Gasteiger partial charge >= 0.3 is 0 Å². The summed E-state index contributed by atoms with van der Waals surface area (Å²) in [5.74, 6) is -0.0662. The van der Waals surface area contributed by atoms with E-state index in [-0.39, 0.29) is 18.4 Å². The standard InChI is InChI=1S/C19H25N3O3/c23-18-14-25-13-17(22(18)11-15-5-2-1-3-6-15)19(24)21-10-9-20-8-4-7-16(20)12-21/h1-3,5-6,16-17H,4,7-14H2/t16-,17-/m0/s1. The molecule has 3 heterocycles. The van der Waals surface area contributed by atoms with Crippen LogP contribution in [0.3, 0.4) is 0 Å². The summed E-state index contributed by atoms with van der Waals surface area (Å²) in [5.41, 5.74) is 1.04. The summed E-state index contributed by atoms with van der Waals surface area (Å²) < 4.78 is 5.41. The normalized spacial score (nSPS) is 27.4. The Kier molecular flexibility index (Phi) is 4.72. The molecule has 0 N–H and O–H groups in total. The first kappa shape index (κ1) is 16.5. The molecule has 1 aromatic carbocycles. The number of rotatable bonds is 3.